The van der Waals surface area contributed by atoms with Gasteiger partial charge in [-0.05, 0) is 28.8 Å². The molecule has 0 aromatic heterocycles. The molecule has 1 aromatic rings. The average Bonchev–Trinajstić information content (AvgIpc) is 2.27. The fourth-order valence-electron chi connectivity index (χ4n) is 1.43. The highest BCUT2D eigenvalue weighted by molar-refractivity contribution is 9.10. The first-order valence-electron chi connectivity index (χ1n) is 4.93. The zero-order valence-corrected chi connectivity index (χ0v) is 10.8. The number of aromatic hydroxyl groups is 1. The number of benzene rings is 1. The number of ether oxygens (including phenoxy) is 1. The summed E-state index contributed by atoms with van der Waals surface area (Å²) in [5.41, 5.74) is 0.254. The number of phenolic OH excluding ortho intramolecular Hbond substituents is 1. The number of carbonyl (C=O) groups is 1. The van der Waals surface area contributed by atoms with Crippen LogP contribution in [0.2, 0.25) is 0 Å². The molecule has 0 amide bonds. The quantitative estimate of drug-likeness (QED) is 0.878. The van der Waals surface area contributed by atoms with E-state index in [0.717, 1.165) is 6.07 Å². The van der Waals surface area contributed by atoms with Crippen molar-refractivity contribution >= 4 is 21.9 Å². The number of carboxylic acids is 1. The summed E-state index contributed by atoms with van der Waals surface area (Å²) in [5.74, 6) is -1.60. The first-order chi connectivity index (χ1) is 7.97. The third kappa shape index (κ3) is 3.33. The summed E-state index contributed by atoms with van der Waals surface area (Å²) >= 11 is 3.07. The molecule has 0 aliphatic carbocycles. The lowest BCUT2D eigenvalue weighted by Gasteiger charge is -2.11. The molecule has 0 unspecified atom stereocenters. The van der Waals surface area contributed by atoms with Crippen LogP contribution in [0.15, 0.2) is 10.5 Å². The lowest BCUT2D eigenvalue weighted by Crippen LogP contribution is -1.99. The van der Waals surface area contributed by atoms with Gasteiger partial charge in [0.1, 0.15) is 5.82 Å². The van der Waals surface area contributed by atoms with Crippen molar-refractivity contribution in [3.8, 4) is 11.5 Å². The molecule has 1 rings (SSSR count). The van der Waals surface area contributed by atoms with Gasteiger partial charge >= 0.3 is 5.97 Å². The van der Waals surface area contributed by atoms with Crippen LogP contribution in [0.25, 0.3) is 0 Å². The third-order valence-electron chi connectivity index (χ3n) is 2.29. The Kier molecular flexibility index (Phi) is 4.74. The van der Waals surface area contributed by atoms with Crippen molar-refractivity contribution in [2.45, 2.75) is 19.3 Å². The number of aliphatic carboxylic acids is 1. The second kappa shape index (κ2) is 5.86. The summed E-state index contributed by atoms with van der Waals surface area (Å²) < 4.78 is 18.6. The average molecular weight is 307 g/mol. The van der Waals surface area contributed by atoms with E-state index in [-0.39, 0.29) is 34.4 Å². The van der Waals surface area contributed by atoms with Crippen LogP contribution in [0.5, 0.6) is 11.5 Å². The molecule has 0 saturated carbocycles. The highest BCUT2D eigenvalue weighted by Crippen LogP contribution is 2.38. The van der Waals surface area contributed by atoms with Crippen molar-refractivity contribution in [2.75, 3.05) is 7.11 Å². The van der Waals surface area contributed by atoms with Crippen LogP contribution in [-0.2, 0) is 11.2 Å². The van der Waals surface area contributed by atoms with Crippen molar-refractivity contribution in [2.24, 2.45) is 0 Å². The van der Waals surface area contributed by atoms with Gasteiger partial charge in [-0.2, -0.15) is 0 Å². The Balaban J connectivity index is 2.92. The first-order valence-corrected chi connectivity index (χ1v) is 5.72. The normalized spacial score (nSPS) is 10.3. The van der Waals surface area contributed by atoms with Gasteiger partial charge in [0, 0.05) is 18.1 Å². The molecule has 0 heterocycles. The molecular weight excluding hydrogens is 295 g/mol. The number of hydrogen-bond acceptors (Lipinski definition) is 3. The molecule has 6 heteroatoms. The van der Waals surface area contributed by atoms with Gasteiger partial charge in [0.2, 0.25) is 0 Å². The molecule has 4 nitrogen and oxygen atoms in total. The largest absolute Gasteiger partial charge is 0.503 e. The van der Waals surface area contributed by atoms with E-state index in [9.17, 15) is 14.3 Å². The van der Waals surface area contributed by atoms with Gasteiger partial charge in [-0.25, -0.2) is 4.39 Å². The minimum atomic E-state index is -0.931. The molecule has 0 bridgehead atoms. The van der Waals surface area contributed by atoms with Crippen LogP contribution >= 0.6 is 15.9 Å². The number of carboxylic acid groups (broad SMARTS) is 1. The Morgan fingerprint density at radius 3 is 2.76 bits per heavy atom. The SMILES string of the molecule is COc1cc(F)c(CCCC(=O)O)c(Br)c1O. The van der Waals surface area contributed by atoms with E-state index in [2.05, 4.69) is 15.9 Å². The number of halogens is 2. The van der Waals surface area contributed by atoms with Gasteiger partial charge in [-0.1, -0.05) is 0 Å². The number of rotatable bonds is 5. The predicted octanol–water partition coefficient (Wildman–Crippen LogP) is 2.71. The predicted molar refractivity (Wildman–Crippen MR) is 62.9 cm³/mol. The number of hydrogen-bond donors (Lipinski definition) is 2. The second-order valence-corrected chi connectivity index (χ2v) is 4.24. The van der Waals surface area contributed by atoms with E-state index >= 15 is 0 Å². The summed E-state index contributed by atoms with van der Waals surface area (Å²) in [6, 6.07) is 1.08. The standard InChI is InChI=1S/C11H12BrFO4/c1-17-8-5-7(13)6(10(12)11(8)16)3-2-4-9(14)15/h5,16H,2-4H2,1H3,(H,14,15). The minimum absolute atomic E-state index is 0.0383. The Hall–Kier alpha value is -1.30. The zero-order chi connectivity index (χ0) is 13.0. The van der Waals surface area contributed by atoms with Crippen molar-refractivity contribution in [1.82, 2.24) is 0 Å². The molecule has 0 atom stereocenters. The number of phenols is 1. The Morgan fingerprint density at radius 1 is 1.59 bits per heavy atom. The minimum Gasteiger partial charge on any atom is -0.503 e. The monoisotopic (exact) mass is 306 g/mol. The van der Waals surface area contributed by atoms with Gasteiger partial charge in [0.15, 0.2) is 11.5 Å². The summed E-state index contributed by atoms with van der Waals surface area (Å²) in [7, 11) is 1.32. The third-order valence-corrected chi connectivity index (χ3v) is 3.14. The van der Waals surface area contributed by atoms with Gasteiger partial charge in [0.25, 0.3) is 0 Å². The van der Waals surface area contributed by atoms with Crippen LogP contribution in [-0.4, -0.2) is 23.3 Å². The maximum atomic E-state index is 13.6. The maximum absolute atomic E-state index is 13.6. The Labute approximate surface area is 106 Å². The summed E-state index contributed by atoms with van der Waals surface area (Å²) in [6.45, 7) is 0. The van der Waals surface area contributed by atoms with Crippen molar-refractivity contribution in [3.63, 3.8) is 0 Å². The Bertz CT molecular complexity index is 434. The topological polar surface area (TPSA) is 66.8 Å². The molecule has 2 N–H and O–H groups in total. The van der Waals surface area contributed by atoms with Crippen LogP contribution < -0.4 is 4.74 Å². The Morgan fingerprint density at radius 2 is 2.24 bits per heavy atom. The molecule has 1 aromatic carbocycles. The molecule has 17 heavy (non-hydrogen) atoms. The molecular formula is C11H12BrFO4. The van der Waals surface area contributed by atoms with Crippen molar-refractivity contribution in [1.29, 1.82) is 0 Å². The van der Waals surface area contributed by atoms with Crippen LogP contribution in [0.1, 0.15) is 18.4 Å². The summed E-state index contributed by atoms with van der Waals surface area (Å²) in [6.07, 6.45) is 0.492. The molecule has 0 spiro atoms. The highest BCUT2D eigenvalue weighted by atomic mass is 79.9. The van der Waals surface area contributed by atoms with Crippen molar-refractivity contribution < 1.29 is 24.1 Å². The molecule has 0 saturated heterocycles. The lowest BCUT2D eigenvalue weighted by atomic mass is 10.1. The molecule has 0 aliphatic heterocycles. The van der Waals surface area contributed by atoms with E-state index in [1.165, 1.54) is 7.11 Å². The van der Waals surface area contributed by atoms with Crippen LogP contribution in [0.3, 0.4) is 0 Å². The molecule has 0 aliphatic rings. The van der Waals surface area contributed by atoms with E-state index in [1.807, 2.05) is 0 Å². The van der Waals surface area contributed by atoms with Gasteiger partial charge in [0.05, 0.1) is 11.6 Å². The maximum Gasteiger partial charge on any atom is 0.303 e. The molecule has 0 radical (unpaired) electrons. The molecule has 0 fully saturated rings. The van der Waals surface area contributed by atoms with Gasteiger partial charge in [-0.3, -0.25) is 4.79 Å². The van der Waals surface area contributed by atoms with E-state index in [1.54, 1.807) is 0 Å². The van der Waals surface area contributed by atoms with Crippen LogP contribution in [0, 0.1) is 5.82 Å². The van der Waals surface area contributed by atoms with Crippen molar-refractivity contribution in [3.05, 3.63) is 21.9 Å². The van der Waals surface area contributed by atoms with Gasteiger partial charge < -0.3 is 14.9 Å². The summed E-state index contributed by atoms with van der Waals surface area (Å²) in [4.78, 5) is 10.4. The fourth-order valence-corrected chi connectivity index (χ4v) is 2.01. The lowest BCUT2D eigenvalue weighted by molar-refractivity contribution is -0.137. The van der Waals surface area contributed by atoms with E-state index < -0.39 is 11.8 Å². The number of methoxy groups -OCH3 is 1. The highest BCUT2D eigenvalue weighted by Gasteiger charge is 2.16. The van der Waals surface area contributed by atoms with E-state index in [0.29, 0.717) is 6.42 Å². The molecule has 94 valence electrons. The van der Waals surface area contributed by atoms with Crippen LogP contribution in [0.4, 0.5) is 4.39 Å². The summed E-state index contributed by atoms with van der Waals surface area (Å²) in [5, 5.41) is 18.1. The second-order valence-electron chi connectivity index (χ2n) is 3.45. The smallest absolute Gasteiger partial charge is 0.303 e. The van der Waals surface area contributed by atoms with E-state index in [4.69, 9.17) is 9.84 Å². The zero-order valence-electron chi connectivity index (χ0n) is 9.17. The fraction of sp³-hybridized carbons (Fsp3) is 0.364. The van der Waals surface area contributed by atoms with Gasteiger partial charge in [-0.15, -0.1) is 0 Å². The first kappa shape index (κ1) is 13.8.